The molecule has 0 spiro atoms. The quantitative estimate of drug-likeness (QED) is 0.490. The van der Waals surface area contributed by atoms with Gasteiger partial charge in [-0.3, -0.25) is 9.59 Å². The van der Waals surface area contributed by atoms with Crippen LogP contribution in [-0.4, -0.2) is 28.6 Å². The second-order valence-corrected chi connectivity index (χ2v) is 6.31. The highest BCUT2D eigenvalue weighted by atomic mass is 16.4. The van der Waals surface area contributed by atoms with Crippen LogP contribution in [0, 0.1) is 11.8 Å². The van der Waals surface area contributed by atoms with E-state index in [1.54, 1.807) is 4.90 Å². The van der Waals surface area contributed by atoms with Crippen molar-refractivity contribution in [2.45, 2.75) is 64.9 Å². The maximum atomic E-state index is 11.9. The molecule has 1 atom stereocenters. The minimum atomic E-state index is -0.825. The molecule has 26 heavy (non-hydrogen) atoms. The van der Waals surface area contributed by atoms with Crippen LogP contribution in [0.2, 0.25) is 0 Å². The summed E-state index contributed by atoms with van der Waals surface area (Å²) in [7, 11) is 0. The molecule has 0 bridgehead atoms. The summed E-state index contributed by atoms with van der Waals surface area (Å²) in [5.74, 6) is 4.90. The molecule has 0 saturated heterocycles. The number of carboxylic acid groups (broad SMARTS) is 1. The Hall–Kier alpha value is -2.32. The molecule has 142 valence electrons. The van der Waals surface area contributed by atoms with Crippen molar-refractivity contribution in [3.63, 3.8) is 0 Å². The lowest BCUT2D eigenvalue weighted by molar-refractivity contribution is -0.137. The summed E-state index contributed by atoms with van der Waals surface area (Å²) >= 11 is 0. The molecule has 1 rings (SSSR count). The lowest BCUT2D eigenvalue weighted by Crippen LogP contribution is -2.28. The van der Waals surface area contributed by atoms with E-state index in [0.29, 0.717) is 12.8 Å². The van der Waals surface area contributed by atoms with Crippen LogP contribution in [0.15, 0.2) is 24.3 Å². The molecule has 0 heterocycles. The van der Waals surface area contributed by atoms with Crippen molar-refractivity contribution in [1.29, 1.82) is 0 Å². The third-order valence-electron chi connectivity index (χ3n) is 4.11. The number of hydrogen-bond donors (Lipinski definition) is 2. The highest BCUT2D eigenvalue weighted by Gasteiger charge is 2.12. The second kappa shape index (κ2) is 12.1. The number of nitrogens with zero attached hydrogens (tertiary/aromatic N) is 1. The molecule has 0 aliphatic carbocycles. The van der Waals surface area contributed by atoms with Gasteiger partial charge in [-0.1, -0.05) is 44.2 Å². The van der Waals surface area contributed by atoms with Gasteiger partial charge in [-0.25, -0.2) is 0 Å². The Balaban J connectivity index is 2.63. The summed E-state index contributed by atoms with van der Waals surface area (Å²) in [6.07, 6.45) is 4.60. The summed E-state index contributed by atoms with van der Waals surface area (Å²) in [4.78, 5) is 23.9. The van der Waals surface area contributed by atoms with Gasteiger partial charge in [0.25, 0.3) is 0 Å². The number of aliphatic hydroxyl groups excluding tert-OH is 1. The largest absolute Gasteiger partial charge is 0.481 e. The van der Waals surface area contributed by atoms with Gasteiger partial charge in [0.05, 0.1) is 12.6 Å². The molecule has 1 amide bonds. The number of rotatable bonds is 10. The summed E-state index contributed by atoms with van der Waals surface area (Å²) in [6.45, 7) is 3.88. The summed E-state index contributed by atoms with van der Waals surface area (Å²) < 4.78 is 0. The van der Waals surface area contributed by atoms with Gasteiger partial charge < -0.3 is 15.1 Å². The highest BCUT2D eigenvalue weighted by Crippen LogP contribution is 2.23. The van der Waals surface area contributed by atoms with E-state index in [0.717, 1.165) is 36.9 Å². The molecule has 0 radical (unpaired) electrons. The van der Waals surface area contributed by atoms with Gasteiger partial charge in [0.2, 0.25) is 5.91 Å². The topological polar surface area (TPSA) is 77.8 Å². The van der Waals surface area contributed by atoms with Gasteiger partial charge in [0.1, 0.15) is 0 Å². The van der Waals surface area contributed by atoms with Gasteiger partial charge >= 0.3 is 5.97 Å². The Morgan fingerprint density at radius 3 is 2.38 bits per heavy atom. The first kappa shape index (κ1) is 21.7. The van der Waals surface area contributed by atoms with Crippen LogP contribution in [-0.2, 0) is 9.59 Å². The average molecular weight is 359 g/mol. The first-order chi connectivity index (χ1) is 12.5. The molecule has 5 nitrogen and oxygen atoms in total. The zero-order valence-electron chi connectivity index (χ0n) is 15.7. The van der Waals surface area contributed by atoms with Crippen molar-refractivity contribution in [2.24, 2.45) is 0 Å². The predicted molar refractivity (Wildman–Crippen MR) is 103 cm³/mol. The monoisotopic (exact) mass is 359 g/mol. The number of carbonyl (C=O) groups is 2. The van der Waals surface area contributed by atoms with E-state index in [-0.39, 0.29) is 18.9 Å². The number of anilines is 1. The first-order valence-electron chi connectivity index (χ1n) is 9.19. The molecule has 1 unspecified atom stereocenters. The van der Waals surface area contributed by atoms with Gasteiger partial charge in [-0.15, -0.1) is 5.92 Å². The fourth-order valence-corrected chi connectivity index (χ4v) is 2.57. The van der Waals surface area contributed by atoms with E-state index in [2.05, 4.69) is 18.8 Å². The Morgan fingerprint density at radius 2 is 1.81 bits per heavy atom. The maximum Gasteiger partial charge on any atom is 0.303 e. The Kier molecular flexibility index (Phi) is 10.1. The molecule has 0 saturated carbocycles. The molecule has 5 heteroatoms. The number of aliphatic hydroxyl groups is 1. The van der Waals surface area contributed by atoms with Crippen molar-refractivity contribution < 1.29 is 19.8 Å². The van der Waals surface area contributed by atoms with Gasteiger partial charge in [-0.05, 0) is 30.5 Å². The first-order valence-corrected chi connectivity index (χ1v) is 9.19. The molecule has 2 N–H and O–H groups in total. The second-order valence-electron chi connectivity index (χ2n) is 6.31. The minimum absolute atomic E-state index is 0.104. The zero-order valence-corrected chi connectivity index (χ0v) is 15.7. The normalized spacial score (nSPS) is 11.3. The van der Waals surface area contributed by atoms with E-state index < -0.39 is 12.1 Å². The molecule has 0 aromatic heterocycles. The zero-order chi connectivity index (χ0) is 19.4. The number of benzene rings is 1. The fourth-order valence-electron chi connectivity index (χ4n) is 2.57. The molecular weight excluding hydrogens is 330 g/mol. The fraction of sp³-hybridized carbons (Fsp3) is 0.524. The number of amides is 1. The Labute approximate surface area is 156 Å². The number of unbranched alkanes of at least 4 members (excludes halogenated alkanes) is 3. The van der Waals surface area contributed by atoms with Crippen LogP contribution < -0.4 is 4.90 Å². The van der Waals surface area contributed by atoms with E-state index in [1.165, 1.54) is 6.92 Å². The van der Waals surface area contributed by atoms with Gasteiger partial charge in [0, 0.05) is 25.5 Å². The van der Waals surface area contributed by atoms with Crippen LogP contribution in [0.3, 0.4) is 0 Å². The summed E-state index contributed by atoms with van der Waals surface area (Å²) in [6, 6.07) is 7.35. The lowest BCUT2D eigenvalue weighted by atomic mass is 10.0. The predicted octanol–water partition coefficient (Wildman–Crippen LogP) is 3.91. The van der Waals surface area contributed by atoms with Crippen LogP contribution in [0.1, 0.15) is 70.5 Å². The van der Waals surface area contributed by atoms with Crippen LogP contribution in [0.5, 0.6) is 0 Å². The van der Waals surface area contributed by atoms with Crippen molar-refractivity contribution in [3.8, 4) is 11.8 Å². The van der Waals surface area contributed by atoms with Gasteiger partial charge in [0.15, 0.2) is 0 Å². The summed E-state index contributed by atoms with van der Waals surface area (Å²) in [5, 5.41) is 18.8. The third-order valence-corrected chi connectivity index (χ3v) is 4.11. The van der Waals surface area contributed by atoms with E-state index in [9.17, 15) is 14.7 Å². The van der Waals surface area contributed by atoms with Crippen molar-refractivity contribution in [2.75, 3.05) is 11.4 Å². The maximum absolute atomic E-state index is 11.9. The van der Waals surface area contributed by atoms with Crippen molar-refractivity contribution in [3.05, 3.63) is 29.8 Å². The molecule has 1 aromatic rings. The number of aliphatic carboxylic acids is 1. The standard InChI is InChI=1S/C21H29NO4/c1-3-4-7-10-20(24)18-12-14-19(15-13-18)22(17(2)23)16-9-6-5-8-11-21(25)26/h12-15,20,24H,3-5,7-8,10-11,16H2,1-2H3,(H,25,26). The van der Waals surface area contributed by atoms with Crippen molar-refractivity contribution >= 4 is 17.6 Å². The summed E-state index contributed by atoms with van der Waals surface area (Å²) in [5.41, 5.74) is 1.59. The van der Waals surface area contributed by atoms with Crippen molar-refractivity contribution in [1.82, 2.24) is 0 Å². The molecule has 0 fully saturated rings. The van der Waals surface area contributed by atoms with E-state index in [4.69, 9.17) is 5.11 Å². The molecular formula is C21H29NO4. The number of carbonyl (C=O) groups excluding carboxylic acids is 1. The average Bonchev–Trinajstić information content (AvgIpc) is 2.61. The number of hydrogen-bond acceptors (Lipinski definition) is 3. The smallest absolute Gasteiger partial charge is 0.303 e. The Bertz CT molecular complexity index is 628. The number of carboxylic acids is 1. The van der Waals surface area contributed by atoms with Crippen LogP contribution in [0.25, 0.3) is 0 Å². The lowest BCUT2D eigenvalue weighted by Gasteiger charge is -2.19. The molecule has 1 aromatic carbocycles. The van der Waals surface area contributed by atoms with E-state index >= 15 is 0 Å². The molecule has 0 aliphatic heterocycles. The molecule has 0 aliphatic rings. The minimum Gasteiger partial charge on any atom is -0.481 e. The van der Waals surface area contributed by atoms with Crippen LogP contribution >= 0.6 is 0 Å². The third kappa shape index (κ3) is 8.17. The van der Waals surface area contributed by atoms with Gasteiger partial charge in [-0.2, -0.15) is 0 Å². The highest BCUT2D eigenvalue weighted by molar-refractivity contribution is 5.91. The SMILES string of the molecule is CCCCCC(O)c1ccc(N(CC#CCCCC(=O)O)C(C)=O)cc1. The van der Waals surface area contributed by atoms with Crippen LogP contribution in [0.4, 0.5) is 5.69 Å². The van der Waals surface area contributed by atoms with E-state index in [1.807, 2.05) is 24.3 Å². The Morgan fingerprint density at radius 1 is 1.12 bits per heavy atom.